The second kappa shape index (κ2) is 6.34. The number of aliphatic hydroxyl groups is 1. The molecule has 0 saturated carbocycles. The van der Waals surface area contributed by atoms with Crippen LogP contribution < -0.4 is 5.32 Å². The van der Waals surface area contributed by atoms with Gasteiger partial charge in [-0.2, -0.15) is 0 Å². The molecule has 0 unspecified atom stereocenters. The van der Waals surface area contributed by atoms with Gasteiger partial charge < -0.3 is 10.4 Å². The number of hydrogen-bond acceptors (Lipinski definition) is 6. The summed E-state index contributed by atoms with van der Waals surface area (Å²) >= 11 is 1.74. The summed E-state index contributed by atoms with van der Waals surface area (Å²) in [6, 6.07) is 4.14. The van der Waals surface area contributed by atoms with Gasteiger partial charge in [-0.25, -0.2) is 8.42 Å². The van der Waals surface area contributed by atoms with Crippen LogP contribution in [-0.4, -0.2) is 61.7 Å². The summed E-state index contributed by atoms with van der Waals surface area (Å²) < 4.78 is 23.1. The van der Waals surface area contributed by atoms with Crippen molar-refractivity contribution in [3.63, 3.8) is 0 Å². The maximum Gasteiger partial charge on any atom is 0.154 e. The highest BCUT2D eigenvalue weighted by atomic mass is 32.2. The molecule has 7 heteroatoms. The molecule has 1 aromatic rings. The average Bonchev–Trinajstić information content (AvgIpc) is 3.13. The van der Waals surface area contributed by atoms with E-state index in [1.807, 2.05) is 0 Å². The summed E-state index contributed by atoms with van der Waals surface area (Å²) in [5, 5.41) is 15.2. The van der Waals surface area contributed by atoms with Gasteiger partial charge in [0.25, 0.3) is 0 Å². The highest BCUT2D eigenvalue weighted by molar-refractivity contribution is 7.91. The molecule has 0 aromatic carbocycles. The van der Waals surface area contributed by atoms with Crippen molar-refractivity contribution in [3.05, 3.63) is 22.4 Å². The summed E-state index contributed by atoms with van der Waals surface area (Å²) in [7, 11) is -3.09. The van der Waals surface area contributed by atoms with E-state index in [1.165, 1.54) is 17.7 Å². The molecule has 0 radical (unpaired) electrons. The van der Waals surface area contributed by atoms with Crippen molar-refractivity contribution in [2.24, 2.45) is 0 Å². The third-order valence-corrected chi connectivity index (χ3v) is 7.04. The molecule has 5 nitrogen and oxygen atoms in total. The Bertz CT molecular complexity index is 553. The predicted octanol–water partition coefficient (Wildman–Crippen LogP) is 0.632. The second-order valence-corrected chi connectivity index (χ2v) is 9.07. The zero-order valence-electron chi connectivity index (χ0n) is 11.9. The topological polar surface area (TPSA) is 69.6 Å². The lowest BCUT2D eigenvalue weighted by molar-refractivity contribution is 0.155. The number of sulfone groups is 1. The van der Waals surface area contributed by atoms with E-state index in [-0.39, 0.29) is 23.6 Å². The van der Waals surface area contributed by atoms with Crippen molar-refractivity contribution in [3.8, 4) is 0 Å². The standard InChI is InChI=1S/C14H22N2O3S2/c17-13-10-21(18,19)9-11(13)15-8-12(14-4-3-7-20-14)16-5-1-2-6-16/h3-4,7,11-13,15,17H,1-2,5-6,8-10H2/t11-,12-,13-/m0/s1. The number of thiophene rings is 1. The summed E-state index contributed by atoms with van der Waals surface area (Å²) in [5.41, 5.74) is 0. The van der Waals surface area contributed by atoms with Crippen LogP contribution in [-0.2, 0) is 9.84 Å². The molecular formula is C14H22N2O3S2. The van der Waals surface area contributed by atoms with E-state index in [0.717, 1.165) is 13.1 Å². The minimum Gasteiger partial charge on any atom is -0.390 e. The van der Waals surface area contributed by atoms with Gasteiger partial charge in [0.1, 0.15) is 0 Å². The summed E-state index contributed by atoms with van der Waals surface area (Å²) in [4.78, 5) is 3.76. The number of likely N-dealkylation sites (tertiary alicyclic amines) is 1. The third kappa shape index (κ3) is 3.65. The van der Waals surface area contributed by atoms with E-state index >= 15 is 0 Å². The van der Waals surface area contributed by atoms with E-state index in [2.05, 4.69) is 27.7 Å². The van der Waals surface area contributed by atoms with Gasteiger partial charge in [0, 0.05) is 17.5 Å². The molecule has 0 bridgehead atoms. The fraction of sp³-hybridized carbons (Fsp3) is 0.714. The smallest absolute Gasteiger partial charge is 0.154 e. The SMILES string of the molecule is O=S1(=O)C[C@H](NC[C@@H](c2cccs2)N2CCCC2)[C@@H](O)C1. The molecule has 2 saturated heterocycles. The second-order valence-electron chi connectivity index (χ2n) is 5.93. The Morgan fingerprint density at radius 2 is 2.14 bits per heavy atom. The number of nitrogens with zero attached hydrogens (tertiary/aromatic N) is 1. The molecule has 1 aromatic heterocycles. The molecule has 2 aliphatic heterocycles. The Morgan fingerprint density at radius 1 is 1.38 bits per heavy atom. The first-order chi connectivity index (χ1) is 10.1. The number of aliphatic hydroxyl groups excluding tert-OH is 1. The molecule has 0 spiro atoms. The van der Waals surface area contributed by atoms with Crippen LogP contribution >= 0.6 is 11.3 Å². The average molecular weight is 330 g/mol. The third-order valence-electron chi connectivity index (χ3n) is 4.35. The van der Waals surface area contributed by atoms with Gasteiger partial charge in [-0.3, -0.25) is 4.90 Å². The first kappa shape index (κ1) is 15.4. The zero-order valence-corrected chi connectivity index (χ0v) is 13.6. The Balaban J connectivity index is 1.65. The lowest BCUT2D eigenvalue weighted by atomic mass is 10.1. The van der Waals surface area contributed by atoms with Crippen LogP contribution in [0.4, 0.5) is 0 Å². The zero-order chi connectivity index (χ0) is 14.9. The molecule has 118 valence electrons. The van der Waals surface area contributed by atoms with Crippen LogP contribution in [0.1, 0.15) is 23.8 Å². The van der Waals surface area contributed by atoms with Crippen LogP contribution in [0.25, 0.3) is 0 Å². The molecule has 21 heavy (non-hydrogen) atoms. The van der Waals surface area contributed by atoms with Crippen LogP contribution in [0.2, 0.25) is 0 Å². The fourth-order valence-corrected chi connectivity index (χ4v) is 5.87. The van der Waals surface area contributed by atoms with E-state index in [0.29, 0.717) is 6.54 Å². The maximum atomic E-state index is 11.6. The Labute approximate surface area is 129 Å². The largest absolute Gasteiger partial charge is 0.390 e. The fourth-order valence-electron chi connectivity index (χ4n) is 3.23. The summed E-state index contributed by atoms with van der Waals surface area (Å²) in [6.45, 7) is 2.88. The van der Waals surface area contributed by atoms with Gasteiger partial charge >= 0.3 is 0 Å². The van der Waals surface area contributed by atoms with Crippen molar-refractivity contribution < 1.29 is 13.5 Å². The predicted molar refractivity (Wildman–Crippen MR) is 84.3 cm³/mol. The number of nitrogens with one attached hydrogen (secondary N) is 1. The van der Waals surface area contributed by atoms with Crippen molar-refractivity contribution in [2.75, 3.05) is 31.1 Å². The van der Waals surface area contributed by atoms with Gasteiger partial charge in [0.05, 0.1) is 23.7 Å². The van der Waals surface area contributed by atoms with Crippen molar-refractivity contribution in [1.82, 2.24) is 10.2 Å². The Morgan fingerprint density at radius 3 is 2.71 bits per heavy atom. The maximum absolute atomic E-state index is 11.6. The number of rotatable bonds is 5. The van der Waals surface area contributed by atoms with Gasteiger partial charge in [0.2, 0.25) is 0 Å². The van der Waals surface area contributed by atoms with Crippen molar-refractivity contribution in [1.29, 1.82) is 0 Å². The quantitative estimate of drug-likeness (QED) is 0.829. The van der Waals surface area contributed by atoms with E-state index in [4.69, 9.17) is 0 Å². The van der Waals surface area contributed by atoms with E-state index in [1.54, 1.807) is 11.3 Å². The van der Waals surface area contributed by atoms with Gasteiger partial charge in [-0.05, 0) is 37.4 Å². The van der Waals surface area contributed by atoms with Crippen LogP contribution in [0.3, 0.4) is 0 Å². The Hall–Kier alpha value is -0.470. The van der Waals surface area contributed by atoms with Gasteiger partial charge in [-0.15, -0.1) is 11.3 Å². The summed E-state index contributed by atoms with van der Waals surface area (Å²) in [6.07, 6.45) is 1.67. The number of hydrogen-bond donors (Lipinski definition) is 2. The highest BCUT2D eigenvalue weighted by Crippen LogP contribution is 2.28. The van der Waals surface area contributed by atoms with Crippen molar-refractivity contribution in [2.45, 2.75) is 31.0 Å². The molecule has 3 rings (SSSR count). The molecule has 3 heterocycles. The normalized spacial score (nSPS) is 30.7. The molecule has 0 aliphatic carbocycles. The molecular weight excluding hydrogens is 308 g/mol. The minimum absolute atomic E-state index is 0.0470. The summed E-state index contributed by atoms with van der Waals surface area (Å²) in [5.74, 6) is -0.0661. The van der Waals surface area contributed by atoms with Gasteiger partial charge in [0.15, 0.2) is 9.84 Å². The first-order valence-corrected chi connectivity index (χ1v) is 10.1. The van der Waals surface area contributed by atoms with E-state index < -0.39 is 15.9 Å². The van der Waals surface area contributed by atoms with Crippen LogP contribution in [0.5, 0.6) is 0 Å². The highest BCUT2D eigenvalue weighted by Gasteiger charge is 2.37. The molecule has 0 amide bonds. The molecule has 2 aliphatic rings. The first-order valence-electron chi connectivity index (χ1n) is 7.44. The molecule has 3 atom stereocenters. The van der Waals surface area contributed by atoms with Gasteiger partial charge in [-0.1, -0.05) is 6.07 Å². The van der Waals surface area contributed by atoms with Crippen molar-refractivity contribution >= 4 is 21.2 Å². The Kier molecular flexibility index (Phi) is 4.66. The van der Waals surface area contributed by atoms with Crippen LogP contribution in [0, 0.1) is 0 Å². The van der Waals surface area contributed by atoms with E-state index in [9.17, 15) is 13.5 Å². The monoisotopic (exact) mass is 330 g/mol. The lowest BCUT2D eigenvalue weighted by Crippen LogP contribution is -2.43. The lowest BCUT2D eigenvalue weighted by Gasteiger charge is -2.28. The van der Waals surface area contributed by atoms with Crippen LogP contribution in [0.15, 0.2) is 17.5 Å². The molecule has 2 fully saturated rings. The minimum atomic E-state index is -3.09. The molecule has 2 N–H and O–H groups in total.